The number of hydrazone groups is 1. The molecule has 5 heteroatoms. The van der Waals surface area contributed by atoms with E-state index in [1.807, 2.05) is 19.1 Å². The summed E-state index contributed by atoms with van der Waals surface area (Å²) in [6.07, 6.45) is 3.84. The second kappa shape index (κ2) is 7.22. The van der Waals surface area contributed by atoms with Gasteiger partial charge in [-0.15, -0.1) is 0 Å². The fourth-order valence-corrected chi connectivity index (χ4v) is 2.68. The van der Waals surface area contributed by atoms with Gasteiger partial charge in [-0.05, 0) is 49.9 Å². The summed E-state index contributed by atoms with van der Waals surface area (Å²) in [5.74, 6) is 0.148. The molecule has 5 nitrogen and oxygen atoms in total. The van der Waals surface area contributed by atoms with Gasteiger partial charge in [0.25, 0.3) is 0 Å². The zero-order valence-corrected chi connectivity index (χ0v) is 12.8. The minimum absolute atomic E-state index is 0.189. The van der Waals surface area contributed by atoms with Crippen LogP contribution in [0.15, 0.2) is 23.3 Å². The molecule has 1 heterocycles. The van der Waals surface area contributed by atoms with Crippen molar-refractivity contribution in [3.8, 4) is 5.75 Å². The van der Waals surface area contributed by atoms with Crippen LogP contribution in [0, 0.1) is 0 Å². The Bertz CT molecular complexity index is 534. The van der Waals surface area contributed by atoms with Crippen molar-refractivity contribution >= 4 is 11.6 Å². The molecule has 1 amide bonds. The molecule has 1 aliphatic rings. The Kier molecular flexibility index (Phi) is 5.33. The number of nitrogens with zero attached hydrogens (tertiary/aromatic N) is 1. The smallest absolute Gasteiger partial charge is 0.236 e. The van der Waals surface area contributed by atoms with Crippen LogP contribution in [0.3, 0.4) is 0 Å². The molecule has 1 aliphatic heterocycles. The van der Waals surface area contributed by atoms with Crippen LogP contribution in [-0.4, -0.2) is 29.8 Å². The van der Waals surface area contributed by atoms with Gasteiger partial charge in [0, 0.05) is 12.5 Å². The van der Waals surface area contributed by atoms with Crippen LogP contribution in [0.2, 0.25) is 0 Å². The van der Waals surface area contributed by atoms with E-state index < -0.39 is 0 Å². The van der Waals surface area contributed by atoms with Crippen LogP contribution >= 0.6 is 0 Å². The molecule has 0 aliphatic carbocycles. The molecule has 0 atom stereocenters. The highest BCUT2D eigenvalue weighted by atomic mass is 16.3. The van der Waals surface area contributed by atoms with Crippen molar-refractivity contribution in [1.29, 1.82) is 0 Å². The Labute approximate surface area is 125 Å². The van der Waals surface area contributed by atoms with Gasteiger partial charge in [-0.2, -0.15) is 5.10 Å². The van der Waals surface area contributed by atoms with Crippen LogP contribution < -0.4 is 10.3 Å². The Morgan fingerprint density at radius 3 is 2.67 bits per heavy atom. The van der Waals surface area contributed by atoms with E-state index in [4.69, 9.17) is 0 Å². The highest BCUT2D eigenvalue weighted by Gasteiger charge is 2.16. The molecule has 2 rings (SSSR count). The average Bonchev–Trinajstić information content (AvgIpc) is 2.48. The Balaban J connectivity index is 2.12. The highest BCUT2D eigenvalue weighted by molar-refractivity contribution is 5.99. The number of hydrogen-bond donors (Lipinski definition) is 3. The molecule has 0 radical (unpaired) electrons. The molecule has 114 valence electrons. The number of benzene rings is 1. The molecule has 0 unspecified atom stereocenters. The standard InChI is InChI=1S/C16H23N3O2/c1-12(17-18-13(2)20)14-6-7-16(21)15(10-14)11-19-8-4-3-5-9-19/h6-7,10,21H,3-5,8-9,11H2,1-2H3,(H,18,20)/p+1/b17-12+. The molecule has 1 fully saturated rings. The number of amides is 1. The summed E-state index contributed by atoms with van der Waals surface area (Å²) in [6.45, 7) is 6.46. The SMILES string of the molecule is CC(=O)N/N=C(\C)c1ccc(O)c(C[NH+]2CCCCC2)c1. The summed E-state index contributed by atoms with van der Waals surface area (Å²) in [5, 5.41) is 14.1. The fourth-order valence-electron chi connectivity index (χ4n) is 2.68. The summed E-state index contributed by atoms with van der Waals surface area (Å²) in [7, 11) is 0. The molecular weight excluding hydrogens is 266 g/mol. The van der Waals surface area contributed by atoms with Gasteiger partial charge in [-0.3, -0.25) is 4.79 Å². The number of likely N-dealkylation sites (tertiary alicyclic amines) is 1. The van der Waals surface area contributed by atoms with Gasteiger partial charge in [0.15, 0.2) is 0 Å². The second-order valence-corrected chi connectivity index (χ2v) is 5.70. The second-order valence-electron chi connectivity index (χ2n) is 5.70. The maximum absolute atomic E-state index is 10.9. The topological polar surface area (TPSA) is 66.1 Å². The van der Waals surface area contributed by atoms with E-state index in [-0.39, 0.29) is 5.91 Å². The summed E-state index contributed by atoms with van der Waals surface area (Å²) < 4.78 is 0. The minimum atomic E-state index is -0.189. The van der Waals surface area contributed by atoms with Gasteiger partial charge < -0.3 is 10.0 Å². The predicted molar refractivity (Wildman–Crippen MR) is 82.4 cm³/mol. The van der Waals surface area contributed by atoms with Crippen molar-refractivity contribution in [1.82, 2.24) is 5.43 Å². The van der Waals surface area contributed by atoms with E-state index in [1.54, 1.807) is 6.07 Å². The molecular formula is C16H24N3O2+. The summed E-state index contributed by atoms with van der Waals surface area (Å²) in [6, 6.07) is 5.50. The Morgan fingerprint density at radius 2 is 2.00 bits per heavy atom. The van der Waals surface area contributed by atoms with Crippen LogP contribution in [0.25, 0.3) is 0 Å². The zero-order chi connectivity index (χ0) is 15.2. The number of nitrogens with one attached hydrogen (secondary N) is 2. The Morgan fingerprint density at radius 1 is 1.29 bits per heavy atom. The van der Waals surface area contributed by atoms with Gasteiger partial charge in [0.05, 0.1) is 18.8 Å². The van der Waals surface area contributed by atoms with E-state index >= 15 is 0 Å². The number of phenols is 1. The first-order valence-electron chi connectivity index (χ1n) is 7.53. The highest BCUT2D eigenvalue weighted by Crippen LogP contribution is 2.18. The van der Waals surface area contributed by atoms with Gasteiger partial charge in [0.1, 0.15) is 12.3 Å². The largest absolute Gasteiger partial charge is 0.507 e. The van der Waals surface area contributed by atoms with Crippen molar-refractivity contribution in [3.63, 3.8) is 0 Å². The number of quaternary nitrogens is 1. The first kappa shape index (κ1) is 15.5. The molecule has 1 saturated heterocycles. The first-order chi connectivity index (χ1) is 10.1. The number of rotatable bonds is 4. The van der Waals surface area contributed by atoms with Crippen molar-refractivity contribution in [2.45, 2.75) is 39.7 Å². The maximum Gasteiger partial charge on any atom is 0.236 e. The molecule has 0 bridgehead atoms. The van der Waals surface area contributed by atoms with E-state index in [9.17, 15) is 9.90 Å². The molecule has 0 saturated carbocycles. The van der Waals surface area contributed by atoms with Crippen LogP contribution in [0.1, 0.15) is 44.2 Å². The lowest BCUT2D eigenvalue weighted by atomic mass is 10.0. The van der Waals surface area contributed by atoms with Crippen LogP contribution in [-0.2, 0) is 11.3 Å². The number of hydrogen-bond acceptors (Lipinski definition) is 3. The Hall–Kier alpha value is -1.88. The molecule has 1 aromatic rings. The van der Waals surface area contributed by atoms with Gasteiger partial charge in [-0.25, -0.2) is 5.43 Å². The van der Waals surface area contributed by atoms with Gasteiger partial charge >= 0.3 is 0 Å². The molecule has 3 N–H and O–H groups in total. The van der Waals surface area contributed by atoms with Crippen molar-refractivity contribution in [2.24, 2.45) is 5.10 Å². The molecule has 0 spiro atoms. The number of phenolic OH excluding ortho intramolecular Hbond substituents is 1. The predicted octanol–water partition coefficient (Wildman–Crippen LogP) is 0.821. The van der Waals surface area contributed by atoms with Gasteiger partial charge in [-0.1, -0.05) is 0 Å². The van der Waals surface area contributed by atoms with E-state index in [0.29, 0.717) is 5.75 Å². The lowest BCUT2D eigenvalue weighted by Crippen LogP contribution is -3.11. The zero-order valence-electron chi connectivity index (χ0n) is 12.8. The maximum atomic E-state index is 10.9. The fraction of sp³-hybridized carbons (Fsp3) is 0.500. The monoisotopic (exact) mass is 290 g/mol. The molecule has 21 heavy (non-hydrogen) atoms. The third-order valence-corrected chi connectivity index (χ3v) is 3.88. The number of carbonyl (C=O) groups is 1. The van der Waals surface area contributed by atoms with Gasteiger partial charge in [0.2, 0.25) is 5.91 Å². The third-order valence-electron chi connectivity index (χ3n) is 3.88. The summed E-state index contributed by atoms with van der Waals surface area (Å²) in [4.78, 5) is 12.4. The lowest BCUT2D eigenvalue weighted by molar-refractivity contribution is -0.918. The van der Waals surface area contributed by atoms with E-state index in [0.717, 1.165) is 23.4 Å². The molecule has 0 aromatic heterocycles. The first-order valence-corrected chi connectivity index (χ1v) is 7.53. The number of aromatic hydroxyl groups is 1. The third kappa shape index (κ3) is 4.56. The number of carbonyl (C=O) groups excluding carboxylic acids is 1. The van der Waals surface area contributed by atoms with Crippen molar-refractivity contribution in [2.75, 3.05) is 13.1 Å². The minimum Gasteiger partial charge on any atom is -0.507 e. The van der Waals surface area contributed by atoms with E-state index in [1.165, 1.54) is 44.2 Å². The molecule has 1 aromatic carbocycles. The van der Waals surface area contributed by atoms with Crippen molar-refractivity contribution in [3.05, 3.63) is 29.3 Å². The average molecular weight is 290 g/mol. The summed E-state index contributed by atoms with van der Waals surface area (Å²) >= 11 is 0. The van der Waals surface area contributed by atoms with Crippen molar-refractivity contribution < 1.29 is 14.8 Å². The lowest BCUT2D eigenvalue weighted by Gasteiger charge is -2.24. The van der Waals surface area contributed by atoms with Crippen LogP contribution in [0.4, 0.5) is 0 Å². The van der Waals surface area contributed by atoms with E-state index in [2.05, 4.69) is 10.5 Å². The normalized spacial score (nSPS) is 16.8. The number of piperidine rings is 1. The summed E-state index contributed by atoms with van der Waals surface area (Å²) in [5.41, 5.74) is 5.05. The van der Waals surface area contributed by atoms with Crippen LogP contribution in [0.5, 0.6) is 5.75 Å². The quantitative estimate of drug-likeness (QED) is 0.568.